The van der Waals surface area contributed by atoms with Gasteiger partial charge >= 0.3 is 0 Å². The summed E-state index contributed by atoms with van der Waals surface area (Å²) in [6.07, 6.45) is 1.78. The summed E-state index contributed by atoms with van der Waals surface area (Å²) >= 11 is 1.73. The lowest BCUT2D eigenvalue weighted by Gasteiger charge is -2.09. The highest BCUT2D eigenvalue weighted by molar-refractivity contribution is 7.99. The molecule has 0 saturated heterocycles. The molecule has 0 aliphatic rings. The summed E-state index contributed by atoms with van der Waals surface area (Å²) in [6.45, 7) is 3.65. The van der Waals surface area contributed by atoms with E-state index in [0.717, 1.165) is 36.1 Å². The molecule has 5 heteroatoms. The van der Waals surface area contributed by atoms with Gasteiger partial charge in [-0.25, -0.2) is 0 Å². The average Bonchev–Trinajstić information content (AvgIpc) is 2.81. The predicted octanol–water partition coefficient (Wildman–Crippen LogP) is 2.13. The number of benzene rings is 1. The van der Waals surface area contributed by atoms with E-state index in [1.54, 1.807) is 11.8 Å². The molecule has 0 radical (unpaired) electrons. The molecule has 0 spiro atoms. The van der Waals surface area contributed by atoms with E-state index in [1.807, 2.05) is 6.07 Å². The van der Waals surface area contributed by atoms with E-state index < -0.39 is 0 Å². The van der Waals surface area contributed by atoms with Gasteiger partial charge in [0.25, 0.3) is 0 Å². The highest BCUT2D eigenvalue weighted by Crippen LogP contribution is 2.17. The van der Waals surface area contributed by atoms with Crippen LogP contribution in [0.1, 0.15) is 18.3 Å². The van der Waals surface area contributed by atoms with Gasteiger partial charge in [0.05, 0.1) is 0 Å². The lowest BCUT2D eigenvalue weighted by Crippen LogP contribution is -2.12. The molecule has 0 fully saturated rings. The Hall–Kier alpha value is -1.33. The smallest absolute Gasteiger partial charge is 0.191 e. The number of hydrogen-bond acceptors (Lipinski definition) is 4. The van der Waals surface area contributed by atoms with E-state index in [-0.39, 0.29) is 0 Å². The number of nitrogens with zero attached hydrogens (tertiary/aromatic N) is 3. The predicted molar refractivity (Wildman–Crippen MR) is 79.3 cm³/mol. The summed E-state index contributed by atoms with van der Waals surface area (Å²) in [4.78, 5) is 0. The first-order chi connectivity index (χ1) is 9.35. The van der Waals surface area contributed by atoms with Gasteiger partial charge in [-0.05, 0) is 24.3 Å². The highest BCUT2D eigenvalue weighted by Gasteiger charge is 2.11. The molecule has 2 N–H and O–H groups in total. The summed E-state index contributed by atoms with van der Waals surface area (Å²) in [7, 11) is 0. The van der Waals surface area contributed by atoms with Crippen molar-refractivity contribution in [3.8, 4) is 0 Å². The molecule has 1 aromatic carbocycles. The van der Waals surface area contributed by atoms with Crippen LogP contribution >= 0.6 is 11.8 Å². The van der Waals surface area contributed by atoms with Crippen LogP contribution in [0.4, 0.5) is 0 Å². The van der Waals surface area contributed by atoms with Crippen LogP contribution in [0.25, 0.3) is 0 Å². The number of rotatable bonds is 7. The number of aromatic nitrogens is 3. The molecule has 0 amide bonds. The molecule has 0 bridgehead atoms. The summed E-state index contributed by atoms with van der Waals surface area (Å²) in [6, 6.07) is 10.5. The van der Waals surface area contributed by atoms with Crippen molar-refractivity contribution in [2.45, 2.75) is 31.5 Å². The third-order valence-electron chi connectivity index (χ3n) is 2.90. The van der Waals surface area contributed by atoms with Gasteiger partial charge in [0, 0.05) is 13.0 Å². The van der Waals surface area contributed by atoms with Crippen molar-refractivity contribution in [2.24, 2.45) is 5.73 Å². The largest absolute Gasteiger partial charge is 0.330 e. The monoisotopic (exact) mass is 276 g/mol. The molecule has 2 rings (SSSR count). The number of thioether (sulfide) groups is 1. The third-order valence-corrected chi connectivity index (χ3v) is 3.75. The summed E-state index contributed by atoms with van der Waals surface area (Å²) in [5, 5.41) is 9.51. The quantitative estimate of drug-likeness (QED) is 0.787. The molecule has 0 aliphatic heterocycles. The van der Waals surface area contributed by atoms with Gasteiger partial charge in [0.2, 0.25) is 0 Å². The van der Waals surface area contributed by atoms with Crippen molar-refractivity contribution in [1.82, 2.24) is 14.8 Å². The lowest BCUT2D eigenvalue weighted by molar-refractivity contribution is 0.601. The van der Waals surface area contributed by atoms with E-state index >= 15 is 0 Å². The number of aryl methyl sites for hydroxylation is 1. The van der Waals surface area contributed by atoms with E-state index in [2.05, 4.69) is 46.0 Å². The Morgan fingerprint density at radius 2 is 1.95 bits per heavy atom. The second kappa shape index (κ2) is 7.31. The molecule has 0 atom stereocenters. The van der Waals surface area contributed by atoms with Gasteiger partial charge in [-0.15, -0.1) is 10.2 Å². The van der Waals surface area contributed by atoms with Crippen molar-refractivity contribution in [2.75, 3.05) is 12.3 Å². The van der Waals surface area contributed by atoms with Crippen molar-refractivity contribution in [3.05, 3.63) is 41.7 Å². The van der Waals surface area contributed by atoms with Crippen LogP contribution < -0.4 is 5.73 Å². The van der Waals surface area contributed by atoms with E-state index in [0.29, 0.717) is 6.54 Å². The van der Waals surface area contributed by atoms with Crippen molar-refractivity contribution in [3.63, 3.8) is 0 Å². The Kier molecular flexibility index (Phi) is 5.42. The minimum Gasteiger partial charge on any atom is -0.330 e. The van der Waals surface area contributed by atoms with Crippen LogP contribution in [0, 0.1) is 0 Å². The molecule has 0 aliphatic carbocycles. The zero-order valence-corrected chi connectivity index (χ0v) is 12.1. The SMILES string of the molecule is CCSc1nnc(CCN)n1CCc1ccccc1. The summed E-state index contributed by atoms with van der Waals surface area (Å²) in [5.41, 5.74) is 6.97. The van der Waals surface area contributed by atoms with Crippen molar-refractivity contribution >= 4 is 11.8 Å². The molecule has 102 valence electrons. The number of nitrogens with two attached hydrogens (primary N) is 1. The molecule has 19 heavy (non-hydrogen) atoms. The molecule has 0 saturated carbocycles. The molecule has 0 unspecified atom stereocenters. The Balaban J connectivity index is 2.10. The first kappa shape index (κ1) is 14.1. The molecule has 1 heterocycles. The van der Waals surface area contributed by atoms with Crippen LogP contribution in [-0.4, -0.2) is 27.1 Å². The Morgan fingerprint density at radius 3 is 2.63 bits per heavy atom. The first-order valence-corrected chi connectivity index (χ1v) is 7.62. The van der Waals surface area contributed by atoms with Crippen LogP contribution in [0.3, 0.4) is 0 Å². The van der Waals surface area contributed by atoms with E-state index in [4.69, 9.17) is 5.73 Å². The van der Waals surface area contributed by atoms with Gasteiger partial charge in [0.1, 0.15) is 5.82 Å². The maximum atomic E-state index is 5.63. The van der Waals surface area contributed by atoms with Gasteiger partial charge in [-0.2, -0.15) is 0 Å². The highest BCUT2D eigenvalue weighted by atomic mass is 32.2. The second-order valence-electron chi connectivity index (χ2n) is 4.26. The van der Waals surface area contributed by atoms with E-state index in [9.17, 15) is 0 Å². The maximum Gasteiger partial charge on any atom is 0.191 e. The van der Waals surface area contributed by atoms with Gasteiger partial charge < -0.3 is 10.3 Å². The fraction of sp³-hybridized carbons (Fsp3) is 0.429. The maximum absolute atomic E-state index is 5.63. The topological polar surface area (TPSA) is 56.7 Å². The first-order valence-electron chi connectivity index (χ1n) is 6.64. The molecular weight excluding hydrogens is 256 g/mol. The fourth-order valence-corrected chi connectivity index (χ4v) is 2.69. The van der Waals surface area contributed by atoms with Crippen LogP contribution in [-0.2, 0) is 19.4 Å². The van der Waals surface area contributed by atoms with Crippen LogP contribution in [0.5, 0.6) is 0 Å². The normalized spacial score (nSPS) is 10.8. The van der Waals surface area contributed by atoms with Gasteiger partial charge in [-0.3, -0.25) is 0 Å². The fourth-order valence-electron chi connectivity index (χ4n) is 1.98. The minimum atomic E-state index is 0.611. The van der Waals surface area contributed by atoms with Crippen molar-refractivity contribution < 1.29 is 0 Å². The average molecular weight is 276 g/mol. The molecule has 2 aromatic rings. The second-order valence-corrected chi connectivity index (χ2v) is 5.49. The standard InChI is InChI=1S/C14H20N4S/c1-2-19-14-17-16-13(8-10-15)18(14)11-9-12-6-4-3-5-7-12/h3-7H,2,8-11,15H2,1H3. The summed E-state index contributed by atoms with van der Waals surface area (Å²) in [5.74, 6) is 2.00. The van der Waals surface area contributed by atoms with E-state index in [1.165, 1.54) is 5.56 Å². The molecule has 1 aromatic heterocycles. The van der Waals surface area contributed by atoms with Crippen molar-refractivity contribution in [1.29, 1.82) is 0 Å². The van der Waals surface area contributed by atoms with Crippen LogP contribution in [0.2, 0.25) is 0 Å². The van der Waals surface area contributed by atoms with Crippen LogP contribution in [0.15, 0.2) is 35.5 Å². The Morgan fingerprint density at radius 1 is 1.16 bits per heavy atom. The third kappa shape index (κ3) is 3.81. The lowest BCUT2D eigenvalue weighted by atomic mass is 10.1. The zero-order chi connectivity index (χ0) is 13.5. The van der Waals surface area contributed by atoms with Gasteiger partial charge in [-0.1, -0.05) is 49.0 Å². The number of hydrogen-bond donors (Lipinski definition) is 1. The Bertz CT molecular complexity index is 472. The Labute approximate surface area is 118 Å². The zero-order valence-electron chi connectivity index (χ0n) is 11.2. The summed E-state index contributed by atoms with van der Waals surface area (Å²) < 4.78 is 2.20. The molecule has 4 nitrogen and oxygen atoms in total. The molecular formula is C14H20N4S. The van der Waals surface area contributed by atoms with Gasteiger partial charge in [0.15, 0.2) is 5.16 Å². The minimum absolute atomic E-state index is 0.611.